The number of nitrogens with zero attached hydrogens (tertiary/aromatic N) is 2. The molecule has 1 saturated carbocycles. The maximum absolute atomic E-state index is 12.2. The van der Waals surface area contributed by atoms with E-state index in [9.17, 15) is 18.0 Å². The zero-order chi connectivity index (χ0) is 14.2. The topological polar surface area (TPSA) is 25.2 Å². The van der Waals surface area contributed by atoms with Gasteiger partial charge in [-0.3, -0.25) is 4.79 Å². The van der Waals surface area contributed by atoms with E-state index in [-0.39, 0.29) is 12.5 Å². The lowest BCUT2D eigenvalue weighted by Crippen LogP contribution is -2.31. The van der Waals surface area contributed by atoms with Gasteiger partial charge in [0.15, 0.2) is 0 Å². The third-order valence-electron chi connectivity index (χ3n) is 3.05. The molecule has 1 amide bonds. The minimum Gasteiger partial charge on any atom is -0.340 e. The predicted octanol–water partition coefficient (Wildman–Crippen LogP) is 3.61. The molecule has 1 fully saturated rings. The molecule has 0 radical (unpaired) electrons. The molecule has 3 nitrogen and oxygen atoms in total. The largest absolute Gasteiger partial charge is 0.390 e. The molecule has 0 saturated heterocycles. The number of rotatable bonds is 4. The van der Waals surface area contributed by atoms with Gasteiger partial charge in [-0.25, -0.2) is 0 Å². The van der Waals surface area contributed by atoms with Crippen molar-refractivity contribution in [3.63, 3.8) is 0 Å². The van der Waals surface area contributed by atoms with Gasteiger partial charge in [-0.2, -0.15) is 13.2 Å². The van der Waals surface area contributed by atoms with Gasteiger partial charge in [0.25, 0.3) is 5.91 Å². The first-order valence-corrected chi connectivity index (χ1v) is 6.77. The summed E-state index contributed by atoms with van der Waals surface area (Å²) in [5, 5.41) is 0. The summed E-state index contributed by atoms with van der Waals surface area (Å²) in [5.41, 5.74) is 0.444. The summed E-state index contributed by atoms with van der Waals surface area (Å²) in [5.74, 6) is -0.373. The number of hydrogen-bond acceptors (Lipinski definition) is 1. The van der Waals surface area contributed by atoms with Crippen molar-refractivity contribution < 1.29 is 18.0 Å². The van der Waals surface area contributed by atoms with Crippen molar-refractivity contribution in [3.05, 3.63) is 22.4 Å². The first-order valence-electron chi connectivity index (χ1n) is 5.97. The van der Waals surface area contributed by atoms with Crippen LogP contribution in [0, 0.1) is 0 Å². The summed E-state index contributed by atoms with van der Waals surface area (Å²) >= 11 is 3.30. The van der Waals surface area contributed by atoms with Crippen molar-refractivity contribution in [2.24, 2.45) is 0 Å². The standard InChI is InChI=1S/C12H14BrF3N2O/c1-17(5-4-12(14,15)16)11(19)10-6-8(13)7-18(10)9-2-3-9/h6-7,9H,2-5H2,1H3. The number of halogens is 4. The molecule has 1 heterocycles. The quantitative estimate of drug-likeness (QED) is 0.823. The molecule has 0 unspecified atom stereocenters. The predicted molar refractivity (Wildman–Crippen MR) is 68.0 cm³/mol. The second-order valence-corrected chi connectivity index (χ2v) is 5.69. The Hall–Kier alpha value is -0.980. The first kappa shape index (κ1) is 14.4. The number of carbonyl (C=O) groups excluding carboxylic acids is 1. The highest BCUT2D eigenvalue weighted by Gasteiger charge is 2.31. The fourth-order valence-corrected chi connectivity index (χ4v) is 2.30. The maximum Gasteiger partial charge on any atom is 0.390 e. The van der Waals surface area contributed by atoms with Crippen molar-refractivity contribution in [1.29, 1.82) is 0 Å². The number of alkyl halides is 3. The lowest BCUT2D eigenvalue weighted by Gasteiger charge is -2.19. The number of hydrogen-bond donors (Lipinski definition) is 0. The Labute approximate surface area is 117 Å². The van der Waals surface area contributed by atoms with Crippen LogP contribution in [0.1, 0.15) is 35.8 Å². The molecule has 0 N–H and O–H groups in total. The minimum absolute atomic E-state index is 0.307. The Morgan fingerprint density at radius 1 is 1.53 bits per heavy atom. The van der Waals surface area contributed by atoms with Gasteiger partial charge in [0.05, 0.1) is 6.42 Å². The summed E-state index contributed by atoms with van der Waals surface area (Å²) in [4.78, 5) is 13.3. The monoisotopic (exact) mass is 338 g/mol. The molecule has 1 aliphatic rings. The Morgan fingerprint density at radius 3 is 2.68 bits per heavy atom. The van der Waals surface area contributed by atoms with Gasteiger partial charge in [0.2, 0.25) is 0 Å². The van der Waals surface area contributed by atoms with E-state index in [0.717, 1.165) is 22.2 Å². The van der Waals surface area contributed by atoms with Crippen molar-refractivity contribution in [2.45, 2.75) is 31.5 Å². The van der Waals surface area contributed by atoms with E-state index in [1.807, 2.05) is 10.8 Å². The molecule has 1 aromatic heterocycles. The number of amides is 1. The zero-order valence-corrected chi connectivity index (χ0v) is 12.0. The minimum atomic E-state index is -4.24. The lowest BCUT2D eigenvalue weighted by molar-refractivity contribution is -0.136. The average Bonchev–Trinajstić information content (AvgIpc) is 3.07. The molecule has 0 aliphatic heterocycles. The van der Waals surface area contributed by atoms with Gasteiger partial charge in [-0.15, -0.1) is 0 Å². The van der Waals surface area contributed by atoms with Crippen LogP contribution in [0.4, 0.5) is 13.2 Å². The van der Waals surface area contributed by atoms with Crippen molar-refractivity contribution in [2.75, 3.05) is 13.6 Å². The third-order valence-corrected chi connectivity index (χ3v) is 3.49. The summed E-state index contributed by atoms with van der Waals surface area (Å²) in [7, 11) is 1.40. The molecule has 0 spiro atoms. The van der Waals surface area contributed by atoms with Gasteiger partial charge in [0.1, 0.15) is 5.69 Å². The molecular formula is C12H14BrF3N2O. The van der Waals surface area contributed by atoms with Crippen LogP contribution in [0.3, 0.4) is 0 Å². The van der Waals surface area contributed by atoms with Crippen LogP contribution in [-0.2, 0) is 0 Å². The summed E-state index contributed by atoms with van der Waals surface area (Å²) < 4.78 is 39.1. The second-order valence-electron chi connectivity index (χ2n) is 4.77. The normalized spacial score (nSPS) is 15.6. The van der Waals surface area contributed by atoms with Crippen LogP contribution in [0.5, 0.6) is 0 Å². The van der Waals surface area contributed by atoms with Gasteiger partial charge < -0.3 is 9.47 Å². The van der Waals surface area contributed by atoms with E-state index < -0.39 is 12.6 Å². The molecule has 1 aliphatic carbocycles. The van der Waals surface area contributed by atoms with Crippen LogP contribution < -0.4 is 0 Å². The Bertz CT molecular complexity index is 480. The van der Waals surface area contributed by atoms with Gasteiger partial charge in [-0.1, -0.05) is 0 Å². The molecule has 1 aromatic rings. The first-order chi connectivity index (χ1) is 8.78. The highest BCUT2D eigenvalue weighted by molar-refractivity contribution is 9.10. The van der Waals surface area contributed by atoms with Gasteiger partial charge in [0, 0.05) is 30.3 Å². The van der Waals surface area contributed by atoms with E-state index in [2.05, 4.69) is 15.9 Å². The fraction of sp³-hybridized carbons (Fsp3) is 0.583. The van der Waals surface area contributed by atoms with E-state index >= 15 is 0 Å². The third kappa shape index (κ3) is 3.75. The van der Waals surface area contributed by atoms with Crippen molar-refractivity contribution >= 4 is 21.8 Å². The Morgan fingerprint density at radius 2 is 2.16 bits per heavy atom. The average molecular weight is 339 g/mol. The summed E-state index contributed by atoms with van der Waals surface area (Å²) in [6.45, 7) is -0.324. The molecule has 0 atom stereocenters. The van der Waals surface area contributed by atoms with Crippen LogP contribution in [-0.4, -0.2) is 35.1 Å². The van der Waals surface area contributed by atoms with E-state index in [4.69, 9.17) is 0 Å². The molecule has 2 rings (SSSR count). The highest BCUT2D eigenvalue weighted by atomic mass is 79.9. The molecule has 7 heteroatoms. The van der Waals surface area contributed by atoms with Crippen LogP contribution in [0.25, 0.3) is 0 Å². The Kier molecular flexibility index (Phi) is 3.94. The SMILES string of the molecule is CN(CCC(F)(F)F)C(=O)c1cc(Br)cn1C1CC1. The molecule has 0 bridgehead atoms. The van der Waals surface area contributed by atoms with Crippen LogP contribution >= 0.6 is 15.9 Å². The smallest absolute Gasteiger partial charge is 0.340 e. The lowest BCUT2D eigenvalue weighted by atomic mass is 10.3. The van der Waals surface area contributed by atoms with Gasteiger partial charge >= 0.3 is 6.18 Å². The molecule has 19 heavy (non-hydrogen) atoms. The maximum atomic E-state index is 12.2. The van der Waals surface area contributed by atoms with Crippen LogP contribution in [0.2, 0.25) is 0 Å². The van der Waals surface area contributed by atoms with E-state index in [0.29, 0.717) is 11.7 Å². The number of aromatic nitrogens is 1. The summed E-state index contributed by atoms with van der Waals surface area (Å²) in [6, 6.07) is 1.96. The zero-order valence-electron chi connectivity index (χ0n) is 10.4. The van der Waals surface area contributed by atoms with E-state index in [1.165, 1.54) is 7.05 Å². The van der Waals surface area contributed by atoms with Gasteiger partial charge in [-0.05, 0) is 34.8 Å². The summed E-state index contributed by atoms with van der Waals surface area (Å²) in [6.07, 6.45) is -1.40. The van der Waals surface area contributed by atoms with Crippen molar-refractivity contribution in [3.8, 4) is 0 Å². The highest BCUT2D eigenvalue weighted by Crippen LogP contribution is 2.37. The van der Waals surface area contributed by atoms with Crippen LogP contribution in [0.15, 0.2) is 16.7 Å². The number of carbonyl (C=O) groups is 1. The molecule has 0 aromatic carbocycles. The fourth-order valence-electron chi connectivity index (χ4n) is 1.86. The van der Waals surface area contributed by atoms with Crippen molar-refractivity contribution in [1.82, 2.24) is 9.47 Å². The molecular weight excluding hydrogens is 325 g/mol. The molecule has 106 valence electrons. The van der Waals surface area contributed by atoms with E-state index in [1.54, 1.807) is 6.07 Å². The second kappa shape index (κ2) is 5.19. The Balaban J connectivity index is 2.06.